The summed E-state index contributed by atoms with van der Waals surface area (Å²) in [5.74, 6) is 0.542. The Kier molecular flexibility index (Phi) is 9.42. The second-order valence-electron chi connectivity index (χ2n) is 4.16. The Morgan fingerprint density at radius 3 is 1.71 bits per heavy atom. The standard InChI is InChI=1S/C6H12O.C6H14O/c7-6-4-2-1-3-5-6;1-3-6(4-2)5-7/h6-7H,1-5H2;6-7H,3-5H2,1-2H3. The SMILES string of the molecule is CCC(CC)CO.OC1CCCCC1. The van der Waals surface area contributed by atoms with Gasteiger partial charge in [-0.2, -0.15) is 0 Å². The minimum absolute atomic E-state index is 0.0359. The third-order valence-electron chi connectivity index (χ3n) is 2.99. The van der Waals surface area contributed by atoms with Crippen molar-refractivity contribution in [3.63, 3.8) is 0 Å². The van der Waals surface area contributed by atoms with Gasteiger partial charge in [-0.05, 0) is 18.8 Å². The maximum absolute atomic E-state index is 8.91. The summed E-state index contributed by atoms with van der Waals surface area (Å²) >= 11 is 0. The lowest BCUT2D eigenvalue weighted by atomic mass is 9.98. The number of aliphatic hydroxyl groups excluding tert-OH is 2. The fraction of sp³-hybridized carbons (Fsp3) is 1.00. The topological polar surface area (TPSA) is 40.5 Å². The van der Waals surface area contributed by atoms with Crippen LogP contribution in [0.15, 0.2) is 0 Å². The van der Waals surface area contributed by atoms with E-state index in [0.717, 1.165) is 25.7 Å². The molecule has 0 spiro atoms. The van der Waals surface area contributed by atoms with Gasteiger partial charge >= 0.3 is 0 Å². The summed E-state index contributed by atoms with van der Waals surface area (Å²) in [5, 5.41) is 17.4. The summed E-state index contributed by atoms with van der Waals surface area (Å²) in [5.41, 5.74) is 0. The molecule has 0 heterocycles. The highest BCUT2D eigenvalue weighted by atomic mass is 16.3. The summed E-state index contributed by atoms with van der Waals surface area (Å²) < 4.78 is 0. The summed E-state index contributed by atoms with van der Waals surface area (Å²) in [6, 6.07) is 0. The van der Waals surface area contributed by atoms with Crippen molar-refractivity contribution in [1.29, 1.82) is 0 Å². The highest BCUT2D eigenvalue weighted by Crippen LogP contribution is 2.16. The van der Waals surface area contributed by atoms with E-state index in [-0.39, 0.29) is 6.10 Å². The Morgan fingerprint density at radius 2 is 1.57 bits per heavy atom. The first-order chi connectivity index (χ1) is 6.74. The van der Waals surface area contributed by atoms with Crippen molar-refractivity contribution in [1.82, 2.24) is 0 Å². The molecule has 2 N–H and O–H groups in total. The Labute approximate surface area is 88.3 Å². The van der Waals surface area contributed by atoms with Crippen LogP contribution in [-0.2, 0) is 0 Å². The van der Waals surface area contributed by atoms with Gasteiger partial charge in [-0.1, -0.05) is 46.0 Å². The Balaban J connectivity index is 0.000000241. The predicted molar refractivity (Wildman–Crippen MR) is 60.2 cm³/mol. The first-order valence-electron chi connectivity index (χ1n) is 6.03. The largest absolute Gasteiger partial charge is 0.396 e. The molecular formula is C12H26O2. The average molecular weight is 202 g/mol. The Hall–Kier alpha value is -0.0800. The smallest absolute Gasteiger partial charge is 0.0540 e. The lowest BCUT2D eigenvalue weighted by Gasteiger charge is -2.14. The Morgan fingerprint density at radius 1 is 1.07 bits per heavy atom. The monoisotopic (exact) mass is 202 g/mol. The number of rotatable bonds is 3. The summed E-state index contributed by atoms with van der Waals surface area (Å²) in [6.45, 7) is 4.56. The molecule has 1 aliphatic carbocycles. The van der Waals surface area contributed by atoms with Crippen LogP contribution < -0.4 is 0 Å². The second kappa shape index (κ2) is 9.47. The fourth-order valence-corrected chi connectivity index (χ4v) is 1.63. The van der Waals surface area contributed by atoms with E-state index in [1.165, 1.54) is 19.3 Å². The van der Waals surface area contributed by atoms with Gasteiger partial charge in [-0.15, -0.1) is 0 Å². The van der Waals surface area contributed by atoms with E-state index in [9.17, 15) is 0 Å². The van der Waals surface area contributed by atoms with Gasteiger partial charge in [-0.25, -0.2) is 0 Å². The second-order valence-corrected chi connectivity index (χ2v) is 4.16. The van der Waals surface area contributed by atoms with Crippen molar-refractivity contribution in [3.8, 4) is 0 Å². The van der Waals surface area contributed by atoms with E-state index in [1.807, 2.05) is 0 Å². The van der Waals surface area contributed by atoms with Gasteiger partial charge in [0.05, 0.1) is 6.10 Å². The maximum Gasteiger partial charge on any atom is 0.0540 e. The number of hydrogen-bond acceptors (Lipinski definition) is 2. The van der Waals surface area contributed by atoms with Crippen LogP contribution in [0.1, 0.15) is 58.8 Å². The number of hydrogen-bond donors (Lipinski definition) is 2. The van der Waals surface area contributed by atoms with Crippen molar-refractivity contribution in [2.24, 2.45) is 5.92 Å². The first-order valence-corrected chi connectivity index (χ1v) is 6.03. The van der Waals surface area contributed by atoms with E-state index in [4.69, 9.17) is 10.2 Å². The molecule has 14 heavy (non-hydrogen) atoms. The van der Waals surface area contributed by atoms with E-state index in [2.05, 4.69) is 13.8 Å². The predicted octanol–water partition coefficient (Wildman–Crippen LogP) is 2.73. The van der Waals surface area contributed by atoms with Crippen LogP contribution in [0.4, 0.5) is 0 Å². The van der Waals surface area contributed by atoms with Crippen LogP contribution in [0.2, 0.25) is 0 Å². The molecule has 0 atom stereocenters. The lowest BCUT2D eigenvalue weighted by Crippen LogP contribution is -2.09. The van der Waals surface area contributed by atoms with Crippen LogP contribution in [-0.4, -0.2) is 22.9 Å². The molecule has 1 rings (SSSR count). The molecule has 1 fully saturated rings. The van der Waals surface area contributed by atoms with Gasteiger partial charge in [0.15, 0.2) is 0 Å². The lowest BCUT2D eigenvalue weighted by molar-refractivity contribution is 0.130. The molecule has 2 nitrogen and oxygen atoms in total. The third-order valence-corrected chi connectivity index (χ3v) is 2.99. The molecular weight excluding hydrogens is 176 g/mol. The quantitative estimate of drug-likeness (QED) is 0.738. The molecule has 1 aliphatic rings. The van der Waals surface area contributed by atoms with Gasteiger partial charge in [0.1, 0.15) is 0 Å². The molecule has 0 aromatic rings. The molecule has 0 unspecified atom stereocenters. The van der Waals surface area contributed by atoms with E-state index < -0.39 is 0 Å². The molecule has 86 valence electrons. The van der Waals surface area contributed by atoms with Crippen LogP contribution in [0.5, 0.6) is 0 Å². The van der Waals surface area contributed by atoms with E-state index in [0.29, 0.717) is 12.5 Å². The zero-order valence-electron chi connectivity index (χ0n) is 9.71. The van der Waals surface area contributed by atoms with Crippen LogP contribution in [0.3, 0.4) is 0 Å². The minimum atomic E-state index is 0.0359. The summed E-state index contributed by atoms with van der Waals surface area (Å²) in [4.78, 5) is 0. The molecule has 0 saturated heterocycles. The molecule has 2 heteroatoms. The molecule has 1 saturated carbocycles. The van der Waals surface area contributed by atoms with Crippen LogP contribution in [0.25, 0.3) is 0 Å². The van der Waals surface area contributed by atoms with Gasteiger partial charge < -0.3 is 10.2 Å². The highest BCUT2D eigenvalue weighted by molar-refractivity contribution is 4.61. The molecule has 0 aliphatic heterocycles. The van der Waals surface area contributed by atoms with Gasteiger partial charge in [0.25, 0.3) is 0 Å². The van der Waals surface area contributed by atoms with Gasteiger partial charge in [0.2, 0.25) is 0 Å². The summed E-state index contributed by atoms with van der Waals surface area (Å²) in [6.07, 6.45) is 8.13. The third kappa shape index (κ3) is 7.34. The summed E-state index contributed by atoms with van der Waals surface area (Å²) in [7, 11) is 0. The molecule has 0 bridgehead atoms. The number of aliphatic hydroxyl groups is 2. The maximum atomic E-state index is 8.91. The van der Waals surface area contributed by atoms with Crippen molar-refractivity contribution < 1.29 is 10.2 Å². The van der Waals surface area contributed by atoms with Gasteiger partial charge in [0, 0.05) is 6.61 Å². The molecule has 0 aromatic heterocycles. The van der Waals surface area contributed by atoms with Gasteiger partial charge in [-0.3, -0.25) is 0 Å². The Bertz CT molecular complexity index is 99.4. The van der Waals surface area contributed by atoms with Crippen molar-refractivity contribution in [2.75, 3.05) is 6.61 Å². The zero-order valence-corrected chi connectivity index (χ0v) is 9.71. The normalized spacial score (nSPS) is 17.8. The minimum Gasteiger partial charge on any atom is -0.396 e. The molecule has 0 radical (unpaired) electrons. The van der Waals surface area contributed by atoms with Crippen LogP contribution in [0, 0.1) is 5.92 Å². The first kappa shape index (κ1) is 13.9. The fourth-order valence-electron chi connectivity index (χ4n) is 1.63. The zero-order chi connectivity index (χ0) is 10.8. The highest BCUT2D eigenvalue weighted by Gasteiger charge is 2.07. The van der Waals surface area contributed by atoms with E-state index in [1.54, 1.807) is 0 Å². The molecule has 0 amide bonds. The van der Waals surface area contributed by atoms with Crippen molar-refractivity contribution >= 4 is 0 Å². The average Bonchev–Trinajstić information content (AvgIpc) is 2.22. The van der Waals surface area contributed by atoms with E-state index >= 15 is 0 Å². The van der Waals surface area contributed by atoms with Crippen molar-refractivity contribution in [2.45, 2.75) is 64.9 Å². The van der Waals surface area contributed by atoms with Crippen molar-refractivity contribution in [3.05, 3.63) is 0 Å². The molecule has 0 aromatic carbocycles. The van der Waals surface area contributed by atoms with Crippen LogP contribution >= 0.6 is 0 Å².